The molecule has 14 rings (SSSR count). The Morgan fingerprint density at radius 1 is 0.441 bits per heavy atom. The zero-order valence-electron chi connectivity index (χ0n) is 37.1. The molecule has 0 bridgehead atoms. The number of allylic oxidation sites excluding steroid dienone is 4. The van der Waals surface area contributed by atoms with Crippen LogP contribution in [0.15, 0.2) is 223 Å². The van der Waals surface area contributed by atoms with Gasteiger partial charge in [-0.05, 0) is 95.1 Å². The summed E-state index contributed by atoms with van der Waals surface area (Å²) >= 11 is 0. The van der Waals surface area contributed by atoms with Crippen molar-refractivity contribution in [3.05, 3.63) is 224 Å². The number of hydrogen-bond donors (Lipinski definition) is 0. The maximum Gasteiger partial charge on any atom is 0.164 e. The Balaban J connectivity index is 1.01. The summed E-state index contributed by atoms with van der Waals surface area (Å²) in [6.07, 6.45) is 8.84. The minimum atomic E-state index is 0.303. The first-order valence-electron chi connectivity index (χ1n) is 23.3. The van der Waals surface area contributed by atoms with E-state index in [1.54, 1.807) is 0 Å². The van der Waals surface area contributed by atoms with Gasteiger partial charge in [-0.2, -0.15) is 0 Å². The van der Waals surface area contributed by atoms with Crippen molar-refractivity contribution in [3.63, 3.8) is 0 Å². The molecule has 0 radical (unpaired) electrons. The van der Waals surface area contributed by atoms with Crippen molar-refractivity contribution in [2.45, 2.75) is 12.8 Å². The van der Waals surface area contributed by atoms with Crippen LogP contribution in [0.5, 0.6) is 0 Å². The molecular formula is C62H41N5O. The lowest BCUT2D eigenvalue weighted by Gasteiger charge is -2.21. The number of aromatic nitrogens is 5. The van der Waals surface area contributed by atoms with E-state index in [2.05, 4.69) is 222 Å². The van der Waals surface area contributed by atoms with E-state index in [9.17, 15) is 0 Å². The van der Waals surface area contributed by atoms with Gasteiger partial charge in [0.05, 0.1) is 27.8 Å². The highest BCUT2D eigenvalue weighted by Gasteiger charge is 2.24. The summed E-state index contributed by atoms with van der Waals surface area (Å²) in [6, 6.07) is 69.0. The fourth-order valence-corrected chi connectivity index (χ4v) is 10.8. The van der Waals surface area contributed by atoms with E-state index in [0.717, 1.165) is 77.5 Å². The van der Waals surface area contributed by atoms with Crippen molar-refractivity contribution in [1.29, 1.82) is 0 Å². The first-order chi connectivity index (χ1) is 33.6. The summed E-state index contributed by atoms with van der Waals surface area (Å²) in [4.78, 5) is 16.1. The number of furan rings is 1. The van der Waals surface area contributed by atoms with Crippen LogP contribution in [0.2, 0.25) is 0 Å². The molecule has 320 valence electrons. The second-order valence-electron chi connectivity index (χ2n) is 18.0. The normalized spacial score (nSPS) is 15.0. The summed E-state index contributed by atoms with van der Waals surface area (Å²) in [6.45, 7) is 2.27. The average Bonchev–Trinajstić information content (AvgIpc) is 4.06. The molecule has 1 aliphatic carbocycles. The lowest BCUT2D eigenvalue weighted by Crippen LogP contribution is -2.07. The van der Waals surface area contributed by atoms with Crippen LogP contribution in [0.1, 0.15) is 18.4 Å². The van der Waals surface area contributed by atoms with E-state index >= 15 is 0 Å². The summed E-state index contributed by atoms with van der Waals surface area (Å²) in [5, 5.41) is 9.02. The maximum atomic E-state index is 6.99. The smallest absolute Gasteiger partial charge is 0.164 e. The Labute approximate surface area is 391 Å². The molecule has 6 nitrogen and oxygen atoms in total. The van der Waals surface area contributed by atoms with Crippen molar-refractivity contribution in [1.82, 2.24) is 24.1 Å². The summed E-state index contributed by atoms with van der Waals surface area (Å²) in [5.74, 6) is 2.49. The van der Waals surface area contributed by atoms with Gasteiger partial charge in [0.2, 0.25) is 0 Å². The first kappa shape index (κ1) is 38.4. The molecule has 13 aromatic rings. The fourth-order valence-electron chi connectivity index (χ4n) is 10.8. The first-order valence-corrected chi connectivity index (χ1v) is 23.3. The quantitative estimate of drug-likeness (QED) is 0.167. The minimum Gasteiger partial charge on any atom is -0.454 e. The van der Waals surface area contributed by atoms with Crippen LogP contribution >= 0.6 is 0 Å². The fraction of sp³-hybridized carbons (Fsp3) is 0.0484. The zero-order chi connectivity index (χ0) is 44.9. The second kappa shape index (κ2) is 15.1. The predicted molar refractivity (Wildman–Crippen MR) is 280 cm³/mol. The number of benzene rings is 9. The van der Waals surface area contributed by atoms with Gasteiger partial charge in [-0.1, -0.05) is 153 Å². The lowest BCUT2D eigenvalue weighted by atomic mass is 9.84. The minimum absolute atomic E-state index is 0.303. The van der Waals surface area contributed by atoms with Crippen LogP contribution in [-0.2, 0) is 0 Å². The SMILES string of the molecule is CC1C=CC=CC1c1ccc(-c2nc(-c3ccc4c(c3)c3ccccc3n4-c3ccccc3)nc(-c3ccc(-n4c5ccccc5c5cc6ccccc6cc54)c4oc5ccccc5c34)n2)cc1. The third kappa shape index (κ3) is 5.94. The van der Waals surface area contributed by atoms with Crippen LogP contribution in [0, 0.1) is 5.92 Å². The number of rotatable bonds is 6. The molecule has 0 aliphatic heterocycles. The van der Waals surface area contributed by atoms with Crippen molar-refractivity contribution < 1.29 is 4.42 Å². The van der Waals surface area contributed by atoms with Crippen LogP contribution < -0.4 is 0 Å². The molecule has 4 aromatic heterocycles. The van der Waals surface area contributed by atoms with Gasteiger partial charge < -0.3 is 13.6 Å². The van der Waals surface area contributed by atoms with Gasteiger partial charge in [0.15, 0.2) is 23.1 Å². The molecule has 2 unspecified atom stereocenters. The molecule has 0 amide bonds. The molecule has 6 heteroatoms. The number of fused-ring (bicyclic) bond motifs is 10. The summed E-state index contributed by atoms with van der Waals surface area (Å²) < 4.78 is 11.7. The van der Waals surface area contributed by atoms with Gasteiger partial charge in [0, 0.05) is 60.6 Å². The molecule has 0 spiro atoms. The molecular weight excluding hydrogens is 831 g/mol. The van der Waals surface area contributed by atoms with Crippen molar-refractivity contribution in [2.24, 2.45) is 5.92 Å². The molecule has 68 heavy (non-hydrogen) atoms. The summed E-state index contributed by atoms with van der Waals surface area (Å²) in [7, 11) is 0. The van der Waals surface area contributed by atoms with Crippen molar-refractivity contribution in [2.75, 3.05) is 0 Å². The average molecular weight is 872 g/mol. The molecule has 0 saturated carbocycles. The van der Waals surface area contributed by atoms with Gasteiger partial charge in [-0.3, -0.25) is 0 Å². The Morgan fingerprint density at radius 2 is 1.04 bits per heavy atom. The standard InChI is InChI=1S/C62H41N5O/c1-38-15-5-8-20-45(38)39-27-29-40(30-28-39)60-63-61(43-31-33-54-50(36-43)46-21-9-12-24-52(46)66(54)44-18-3-2-4-19-44)65-62(64-60)49-32-34-55(59-58(49)48-23-11-14-26-57(48)68-59)67-53-25-13-10-22-47(53)51-35-41-16-6-7-17-42(41)37-56(51)67/h2-38,45H,1H3. The highest BCUT2D eigenvalue weighted by molar-refractivity contribution is 6.18. The molecule has 9 aromatic carbocycles. The van der Waals surface area contributed by atoms with E-state index in [1.807, 2.05) is 12.1 Å². The number of hydrogen-bond acceptors (Lipinski definition) is 4. The lowest BCUT2D eigenvalue weighted by molar-refractivity contribution is 0.635. The highest BCUT2D eigenvalue weighted by Crippen LogP contribution is 2.44. The van der Waals surface area contributed by atoms with Crippen molar-refractivity contribution >= 4 is 76.3 Å². The Morgan fingerprint density at radius 3 is 1.82 bits per heavy atom. The molecule has 4 heterocycles. The second-order valence-corrected chi connectivity index (χ2v) is 18.0. The topological polar surface area (TPSA) is 61.7 Å². The van der Waals surface area contributed by atoms with Crippen LogP contribution in [0.25, 0.3) is 122 Å². The van der Waals surface area contributed by atoms with E-state index in [4.69, 9.17) is 19.4 Å². The Hall–Kier alpha value is -8.87. The zero-order valence-corrected chi connectivity index (χ0v) is 37.1. The van der Waals surface area contributed by atoms with E-state index in [-0.39, 0.29) is 0 Å². The molecule has 1 aliphatic rings. The van der Waals surface area contributed by atoms with E-state index < -0.39 is 0 Å². The van der Waals surface area contributed by atoms with Gasteiger partial charge >= 0.3 is 0 Å². The van der Waals surface area contributed by atoms with E-state index in [0.29, 0.717) is 29.3 Å². The maximum absolute atomic E-state index is 6.99. The molecule has 0 N–H and O–H groups in total. The third-order valence-electron chi connectivity index (χ3n) is 14.1. The number of para-hydroxylation sites is 4. The summed E-state index contributed by atoms with van der Waals surface area (Å²) in [5.41, 5.74) is 12.1. The molecule has 0 fully saturated rings. The van der Waals surface area contributed by atoms with Crippen molar-refractivity contribution in [3.8, 4) is 45.5 Å². The van der Waals surface area contributed by atoms with Gasteiger partial charge in [-0.15, -0.1) is 0 Å². The third-order valence-corrected chi connectivity index (χ3v) is 14.1. The highest BCUT2D eigenvalue weighted by atomic mass is 16.3. The van der Waals surface area contributed by atoms with Gasteiger partial charge in [0.25, 0.3) is 0 Å². The molecule has 2 atom stereocenters. The molecule has 0 saturated heterocycles. The van der Waals surface area contributed by atoms with Crippen LogP contribution in [-0.4, -0.2) is 24.1 Å². The van der Waals surface area contributed by atoms with E-state index in [1.165, 1.54) is 32.5 Å². The largest absolute Gasteiger partial charge is 0.454 e. The Bertz CT molecular complexity index is 4230. The van der Waals surface area contributed by atoms with Gasteiger partial charge in [-0.25, -0.2) is 15.0 Å². The van der Waals surface area contributed by atoms with Crippen LogP contribution in [0.3, 0.4) is 0 Å². The van der Waals surface area contributed by atoms with Crippen LogP contribution in [0.4, 0.5) is 0 Å². The predicted octanol–water partition coefficient (Wildman–Crippen LogP) is 16.0. The monoisotopic (exact) mass is 871 g/mol. The Kier molecular flexibility index (Phi) is 8.52. The van der Waals surface area contributed by atoms with Gasteiger partial charge in [0.1, 0.15) is 5.58 Å². The number of nitrogens with zero attached hydrogens (tertiary/aromatic N) is 5.